The third-order valence-corrected chi connectivity index (χ3v) is 6.99. The van der Waals surface area contributed by atoms with Gasteiger partial charge in [0.1, 0.15) is 0 Å². The number of nitrogens with zero attached hydrogens (tertiary/aromatic N) is 3. The molecule has 5 heteroatoms. The molecule has 1 amide bonds. The van der Waals surface area contributed by atoms with Crippen LogP contribution >= 0.6 is 0 Å². The Kier molecular flexibility index (Phi) is 5.63. The molecule has 0 radical (unpaired) electrons. The van der Waals surface area contributed by atoms with Crippen LogP contribution < -0.4 is 0 Å². The first-order valence-electron chi connectivity index (χ1n) is 10.5. The van der Waals surface area contributed by atoms with Gasteiger partial charge in [-0.3, -0.25) is 14.6 Å². The molecule has 4 aliphatic rings. The summed E-state index contributed by atoms with van der Waals surface area (Å²) in [6, 6.07) is 1.70. The fraction of sp³-hybridized carbons (Fsp3) is 0.950. The van der Waals surface area contributed by atoms with Crippen molar-refractivity contribution in [1.82, 2.24) is 14.7 Å². The fourth-order valence-electron chi connectivity index (χ4n) is 5.02. The van der Waals surface area contributed by atoms with Gasteiger partial charge in [-0.05, 0) is 50.9 Å². The summed E-state index contributed by atoms with van der Waals surface area (Å²) in [6.07, 6.45) is 10.3. The highest BCUT2D eigenvalue weighted by atomic mass is 16.5. The maximum absolute atomic E-state index is 11.5. The van der Waals surface area contributed by atoms with Gasteiger partial charge in [-0.1, -0.05) is 6.92 Å². The Morgan fingerprint density at radius 3 is 2.16 bits per heavy atom. The highest BCUT2D eigenvalue weighted by Crippen LogP contribution is 2.30. The van der Waals surface area contributed by atoms with E-state index in [2.05, 4.69) is 16.7 Å². The van der Waals surface area contributed by atoms with Crippen LogP contribution in [0.5, 0.6) is 0 Å². The zero-order valence-electron chi connectivity index (χ0n) is 15.8. The molecule has 4 fully saturated rings. The lowest BCUT2D eigenvalue weighted by Crippen LogP contribution is -2.51. The van der Waals surface area contributed by atoms with Gasteiger partial charge in [-0.15, -0.1) is 0 Å². The number of hydrogen-bond acceptors (Lipinski definition) is 4. The summed E-state index contributed by atoms with van der Waals surface area (Å²) in [4.78, 5) is 18.8. The lowest BCUT2D eigenvalue weighted by molar-refractivity contribution is -0.120. The summed E-state index contributed by atoms with van der Waals surface area (Å²) >= 11 is 0. The van der Waals surface area contributed by atoms with Crippen molar-refractivity contribution >= 4 is 6.41 Å². The van der Waals surface area contributed by atoms with Crippen molar-refractivity contribution in [2.45, 2.75) is 76.1 Å². The number of piperazine rings is 1. The van der Waals surface area contributed by atoms with E-state index < -0.39 is 0 Å². The smallest absolute Gasteiger partial charge is 0.210 e. The Balaban J connectivity index is 1.23. The third kappa shape index (κ3) is 4.37. The molecule has 2 saturated heterocycles. The SMILES string of the molecule is CC1CCC(OCC2CC(N3CCN(C4CC4)CC3)CN2C=O)CC1. The largest absolute Gasteiger partial charge is 0.376 e. The van der Waals surface area contributed by atoms with Crippen molar-refractivity contribution in [3.05, 3.63) is 0 Å². The summed E-state index contributed by atoms with van der Waals surface area (Å²) in [5.74, 6) is 0.858. The van der Waals surface area contributed by atoms with Crippen molar-refractivity contribution in [3.63, 3.8) is 0 Å². The van der Waals surface area contributed by atoms with Crippen LogP contribution in [-0.2, 0) is 9.53 Å². The minimum atomic E-state index is 0.281. The molecular weight excluding hydrogens is 314 g/mol. The summed E-state index contributed by atoms with van der Waals surface area (Å²) in [5, 5.41) is 0. The molecule has 0 aromatic rings. The van der Waals surface area contributed by atoms with Gasteiger partial charge in [-0.2, -0.15) is 0 Å². The Morgan fingerprint density at radius 1 is 0.920 bits per heavy atom. The summed E-state index contributed by atoms with van der Waals surface area (Å²) in [6.45, 7) is 8.73. The molecule has 2 atom stereocenters. The van der Waals surface area contributed by atoms with E-state index in [1.807, 2.05) is 4.90 Å². The van der Waals surface area contributed by atoms with E-state index in [0.29, 0.717) is 12.1 Å². The van der Waals surface area contributed by atoms with Gasteiger partial charge in [0.25, 0.3) is 0 Å². The molecule has 2 unspecified atom stereocenters. The highest BCUT2D eigenvalue weighted by Gasteiger charge is 2.38. The van der Waals surface area contributed by atoms with Crippen LogP contribution in [0.1, 0.15) is 51.9 Å². The lowest BCUT2D eigenvalue weighted by atomic mass is 9.89. The van der Waals surface area contributed by atoms with Crippen molar-refractivity contribution in [3.8, 4) is 0 Å². The van der Waals surface area contributed by atoms with Crippen molar-refractivity contribution in [2.75, 3.05) is 39.3 Å². The van der Waals surface area contributed by atoms with Crippen LogP contribution in [0, 0.1) is 5.92 Å². The number of ether oxygens (including phenoxy) is 1. The molecule has 2 saturated carbocycles. The Hall–Kier alpha value is -0.650. The van der Waals surface area contributed by atoms with E-state index in [4.69, 9.17) is 4.74 Å². The molecule has 0 aromatic carbocycles. The molecule has 5 nitrogen and oxygen atoms in total. The van der Waals surface area contributed by atoms with Gasteiger partial charge >= 0.3 is 0 Å². The number of rotatable bonds is 6. The zero-order chi connectivity index (χ0) is 17.2. The molecular formula is C20H35N3O2. The second-order valence-electron chi connectivity index (χ2n) is 8.86. The quantitative estimate of drug-likeness (QED) is 0.687. The van der Waals surface area contributed by atoms with Crippen LogP contribution in [0.4, 0.5) is 0 Å². The standard InChI is InChI=1S/C20H35N3O2/c1-16-2-6-20(7-3-16)25-14-19-12-18(13-23(19)15-24)22-10-8-21(9-11-22)17-4-5-17/h15-20H,2-14H2,1H3. The van der Waals surface area contributed by atoms with Crippen LogP contribution in [0.25, 0.3) is 0 Å². The number of carbonyl (C=O) groups is 1. The molecule has 2 aliphatic heterocycles. The van der Waals surface area contributed by atoms with E-state index >= 15 is 0 Å². The van der Waals surface area contributed by atoms with Gasteiger partial charge in [0.2, 0.25) is 6.41 Å². The molecule has 0 N–H and O–H groups in total. The van der Waals surface area contributed by atoms with Gasteiger partial charge in [0, 0.05) is 44.8 Å². The van der Waals surface area contributed by atoms with Gasteiger partial charge in [-0.25, -0.2) is 0 Å². The molecule has 142 valence electrons. The molecule has 0 bridgehead atoms. The molecule has 0 spiro atoms. The Labute approximate surface area is 152 Å². The molecule has 2 aliphatic carbocycles. The monoisotopic (exact) mass is 349 g/mol. The minimum absolute atomic E-state index is 0.281. The number of carbonyl (C=O) groups excluding carboxylic acids is 1. The van der Waals surface area contributed by atoms with Gasteiger partial charge in [0.15, 0.2) is 0 Å². The maximum atomic E-state index is 11.5. The van der Waals surface area contributed by atoms with E-state index in [9.17, 15) is 4.79 Å². The second kappa shape index (κ2) is 7.93. The Morgan fingerprint density at radius 2 is 1.56 bits per heavy atom. The molecule has 4 rings (SSSR count). The van der Waals surface area contributed by atoms with Crippen molar-refractivity contribution in [2.24, 2.45) is 5.92 Å². The molecule has 0 aromatic heterocycles. The van der Waals surface area contributed by atoms with Crippen molar-refractivity contribution in [1.29, 1.82) is 0 Å². The van der Waals surface area contributed by atoms with E-state index in [1.165, 1.54) is 64.7 Å². The van der Waals surface area contributed by atoms with Gasteiger partial charge < -0.3 is 9.64 Å². The maximum Gasteiger partial charge on any atom is 0.210 e. The number of amides is 1. The highest BCUT2D eigenvalue weighted by molar-refractivity contribution is 5.48. The van der Waals surface area contributed by atoms with Crippen LogP contribution in [0.3, 0.4) is 0 Å². The first kappa shape index (κ1) is 17.7. The van der Waals surface area contributed by atoms with Crippen LogP contribution in [-0.4, -0.2) is 84.7 Å². The fourth-order valence-corrected chi connectivity index (χ4v) is 5.02. The molecule has 2 heterocycles. The average molecular weight is 350 g/mol. The first-order valence-corrected chi connectivity index (χ1v) is 10.5. The topological polar surface area (TPSA) is 36.0 Å². The second-order valence-corrected chi connectivity index (χ2v) is 8.86. The predicted octanol–water partition coefficient (Wildman–Crippen LogP) is 1.96. The normalized spacial score (nSPS) is 38.2. The minimum Gasteiger partial charge on any atom is -0.376 e. The zero-order valence-corrected chi connectivity index (χ0v) is 15.8. The number of hydrogen-bond donors (Lipinski definition) is 0. The van der Waals surface area contributed by atoms with Crippen LogP contribution in [0.15, 0.2) is 0 Å². The number of likely N-dealkylation sites (tertiary alicyclic amines) is 1. The van der Waals surface area contributed by atoms with E-state index in [1.54, 1.807) is 0 Å². The summed E-state index contributed by atoms with van der Waals surface area (Å²) < 4.78 is 6.21. The van der Waals surface area contributed by atoms with Gasteiger partial charge in [0.05, 0.1) is 18.8 Å². The van der Waals surface area contributed by atoms with E-state index in [0.717, 1.165) is 37.9 Å². The van der Waals surface area contributed by atoms with Crippen LogP contribution in [0.2, 0.25) is 0 Å². The molecule has 25 heavy (non-hydrogen) atoms. The summed E-state index contributed by atoms with van der Waals surface area (Å²) in [7, 11) is 0. The van der Waals surface area contributed by atoms with Crippen molar-refractivity contribution < 1.29 is 9.53 Å². The lowest BCUT2D eigenvalue weighted by Gasteiger charge is -2.38. The first-order chi connectivity index (χ1) is 12.2. The summed E-state index contributed by atoms with van der Waals surface area (Å²) in [5.41, 5.74) is 0. The Bertz CT molecular complexity index is 440. The third-order valence-electron chi connectivity index (χ3n) is 6.99. The van der Waals surface area contributed by atoms with E-state index in [-0.39, 0.29) is 6.04 Å². The average Bonchev–Trinajstić information content (AvgIpc) is 3.41. The predicted molar refractivity (Wildman–Crippen MR) is 98.5 cm³/mol.